The first-order valence-corrected chi connectivity index (χ1v) is 6.10. The molecule has 2 nitrogen and oxygen atoms in total. The van der Waals surface area contributed by atoms with E-state index in [0.29, 0.717) is 0 Å². The Morgan fingerprint density at radius 3 is 2.93 bits per heavy atom. The van der Waals surface area contributed by atoms with Gasteiger partial charge in [-0.05, 0) is 40.6 Å². The number of nitrogens with one attached hydrogen (secondary N) is 1. The number of fused-ring (bicyclic) bond motifs is 1. The molecule has 0 unspecified atom stereocenters. The number of halogens is 1. The van der Waals surface area contributed by atoms with E-state index in [9.17, 15) is 4.79 Å². The Bertz CT molecular complexity index is 545. The Morgan fingerprint density at radius 2 is 2.20 bits per heavy atom. The lowest BCUT2D eigenvalue weighted by atomic mass is 10.1. The maximum atomic E-state index is 11.9. The quantitative estimate of drug-likeness (QED) is 0.849. The molecule has 0 aliphatic rings. The lowest BCUT2D eigenvalue weighted by Crippen LogP contribution is -2.07. The van der Waals surface area contributed by atoms with Crippen molar-refractivity contribution in [3.05, 3.63) is 43.8 Å². The summed E-state index contributed by atoms with van der Waals surface area (Å²) in [6, 6.07) is 5.92. The molecule has 0 amide bonds. The first kappa shape index (κ1) is 10.7. The Kier molecular flexibility index (Phi) is 3.09. The number of aryl methyl sites for hydroxylation is 1. The molecule has 0 atom stereocenters. The summed E-state index contributed by atoms with van der Waals surface area (Å²) in [7, 11) is 0. The van der Waals surface area contributed by atoms with Crippen molar-refractivity contribution in [3.8, 4) is 0 Å². The monoisotopic (exact) mass is 313 g/mol. The van der Waals surface area contributed by atoms with E-state index in [4.69, 9.17) is 0 Å². The Labute approximate surface area is 102 Å². The fraction of sp³-hybridized carbons (Fsp3) is 0.250. The topological polar surface area (TPSA) is 32.9 Å². The van der Waals surface area contributed by atoms with Crippen LogP contribution >= 0.6 is 22.6 Å². The van der Waals surface area contributed by atoms with Crippen LogP contribution in [0.1, 0.15) is 18.9 Å². The van der Waals surface area contributed by atoms with E-state index < -0.39 is 0 Å². The summed E-state index contributed by atoms with van der Waals surface area (Å²) >= 11 is 2.06. The first-order chi connectivity index (χ1) is 7.24. The molecule has 0 aliphatic heterocycles. The largest absolute Gasteiger partial charge is 0.360 e. The van der Waals surface area contributed by atoms with Crippen molar-refractivity contribution in [1.82, 2.24) is 4.98 Å². The van der Waals surface area contributed by atoms with Crippen molar-refractivity contribution < 1.29 is 0 Å². The predicted octanol–water partition coefficient (Wildman–Crippen LogP) is 3.09. The third kappa shape index (κ3) is 1.93. The van der Waals surface area contributed by atoms with Gasteiger partial charge in [0, 0.05) is 11.6 Å². The van der Waals surface area contributed by atoms with Gasteiger partial charge in [0.25, 0.3) is 0 Å². The van der Waals surface area contributed by atoms with Gasteiger partial charge in [0.1, 0.15) is 0 Å². The summed E-state index contributed by atoms with van der Waals surface area (Å²) in [5.41, 5.74) is 2.34. The van der Waals surface area contributed by atoms with Crippen LogP contribution in [0.5, 0.6) is 0 Å². The summed E-state index contributed by atoms with van der Waals surface area (Å²) in [6.45, 7) is 2.14. The molecular weight excluding hydrogens is 301 g/mol. The molecule has 0 fully saturated rings. The zero-order valence-electron chi connectivity index (χ0n) is 8.51. The van der Waals surface area contributed by atoms with Crippen LogP contribution in [0.4, 0.5) is 0 Å². The van der Waals surface area contributed by atoms with Crippen molar-refractivity contribution in [2.45, 2.75) is 19.8 Å². The highest BCUT2D eigenvalue weighted by Gasteiger charge is 2.05. The van der Waals surface area contributed by atoms with E-state index in [2.05, 4.69) is 40.6 Å². The van der Waals surface area contributed by atoms with E-state index in [-0.39, 0.29) is 5.43 Å². The molecule has 1 aromatic carbocycles. The van der Waals surface area contributed by atoms with Gasteiger partial charge < -0.3 is 4.98 Å². The summed E-state index contributed by atoms with van der Waals surface area (Å²) in [6.07, 6.45) is 3.88. The lowest BCUT2D eigenvalue weighted by molar-refractivity contribution is 0.926. The zero-order valence-corrected chi connectivity index (χ0v) is 10.7. The number of para-hydroxylation sites is 1. The molecule has 0 saturated carbocycles. The van der Waals surface area contributed by atoms with Gasteiger partial charge >= 0.3 is 0 Å². The maximum absolute atomic E-state index is 11.9. The number of aromatic amines is 1. The highest BCUT2D eigenvalue weighted by Crippen LogP contribution is 2.15. The second-order valence-corrected chi connectivity index (χ2v) is 4.72. The third-order valence-corrected chi connectivity index (χ3v) is 3.28. The van der Waals surface area contributed by atoms with Gasteiger partial charge in [-0.2, -0.15) is 0 Å². The molecule has 2 rings (SSSR count). The SMILES string of the molecule is CCCc1cccc2c(=O)c(I)c[nH]c12. The lowest BCUT2D eigenvalue weighted by Gasteiger charge is -2.04. The number of aromatic nitrogens is 1. The third-order valence-electron chi connectivity index (χ3n) is 2.47. The normalized spacial score (nSPS) is 10.8. The van der Waals surface area contributed by atoms with Gasteiger partial charge in [-0.25, -0.2) is 0 Å². The van der Waals surface area contributed by atoms with Crippen LogP contribution < -0.4 is 5.43 Å². The zero-order chi connectivity index (χ0) is 10.8. The molecule has 0 aliphatic carbocycles. The Morgan fingerprint density at radius 1 is 1.40 bits per heavy atom. The molecule has 78 valence electrons. The second-order valence-electron chi connectivity index (χ2n) is 3.56. The average Bonchev–Trinajstić information content (AvgIpc) is 2.25. The van der Waals surface area contributed by atoms with Crippen LogP contribution in [-0.2, 0) is 6.42 Å². The Balaban J connectivity index is 2.77. The number of rotatable bonds is 2. The highest BCUT2D eigenvalue weighted by atomic mass is 127. The highest BCUT2D eigenvalue weighted by molar-refractivity contribution is 14.1. The van der Waals surface area contributed by atoms with Crippen molar-refractivity contribution >= 4 is 33.5 Å². The Hall–Kier alpha value is -0.840. The summed E-state index contributed by atoms with van der Waals surface area (Å²) < 4.78 is 0.744. The molecule has 0 saturated heterocycles. The number of benzene rings is 1. The number of hydrogen-bond acceptors (Lipinski definition) is 1. The summed E-state index contributed by atoms with van der Waals surface area (Å²) in [5.74, 6) is 0. The van der Waals surface area contributed by atoms with Gasteiger partial charge in [-0.3, -0.25) is 4.79 Å². The summed E-state index contributed by atoms with van der Waals surface area (Å²) in [5, 5.41) is 0.799. The molecule has 1 heterocycles. The minimum Gasteiger partial charge on any atom is -0.360 e. The van der Waals surface area contributed by atoms with Crippen molar-refractivity contribution in [2.75, 3.05) is 0 Å². The van der Waals surface area contributed by atoms with Crippen LogP contribution in [0.25, 0.3) is 10.9 Å². The molecule has 3 heteroatoms. The van der Waals surface area contributed by atoms with E-state index in [0.717, 1.165) is 27.3 Å². The van der Waals surface area contributed by atoms with Gasteiger partial charge in [0.05, 0.1) is 9.09 Å². The maximum Gasteiger partial charge on any atom is 0.202 e. The predicted molar refractivity (Wildman–Crippen MR) is 71.3 cm³/mol. The fourth-order valence-electron chi connectivity index (χ4n) is 1.77. The van der Waals surface area contributed by atoms with Crippen LogP contribution in [0.2, 0.25) is 0 Å². The summed E-state index contributed by atoms with van der Waals surface area (Å²) in [4.78, 5) is 15.1. The molecule has 1 aromatic heterocycles. The van der Waals surface area contributed by atoms with Crippen LogP contribution in [0.15, 0.2) is 29.2 Å². The molecular formula is C12H12INO. The molecule has 0 spiro atoms. The number of H-pyrrole nitrogens is 1. The molecule has 1 N–H and O–H groups in total. The van der Waals surface area contributed by atoms with Crippen molar-refractivity contribution in [3.63, 3.8) is 0 Å². The van der Waals surface area contributed by atoms with Crippen LogP contribution in [0.3, 0.4) is 0 Å². The second kappa shape index (κ2) is 4.35. The van der Waals surface area contributed by atoms with Gasteiger partial charge in [0.2, 0.25) is 5.43 Å². The average molecular weight is 313 g/mol. The molecule has 2 aromatic rings. The molecule has 0 bridgehead atoms. The van der Waals surface area contributed by atoms with Crippen LogP contribution in [-0.4, -0.2) is 4.98 Å². The van der Waals surface area contributed by atoms with E-state index in [1.54, 1.807) is 6.20 Å². The fourth-order valence-corrected chi connectivity index (χ4v) is 2.21. The molecule has 15 heavy (non-hydrogen) atoms. The van der Waals surface area contributed by atoms with Gasteiger partial charge in [0.15, 0.2) is 0 Å². The van der Waals surface area contributed by atoms with E-state index >= 15 is 0 Å². The van der Waals surface area contributed by atoms with Crippen molar-refractivity contribution in [1.29, 1.82) is 0 Å². The first-order valence-electron chi connectivity index (χ1n) is 5.03. The van der Waals surface area contributed by atoms with Crippen LogP contribution in [0, 0.1) is 3.57 Å². The van der Waals surface area contributed by atoms with Gasteiger partial charge in [-0.15, -0.1) is 0 Å². The van der Waals surface area contributed by atoms with Crippen molar-refractivity contribution in [2.24, 2.45) is 0 Å². The molecule has 0 radical (unpaired) electrons. The minimum atomic E-state index is 0.127. The van der Waals surface area contributed by atoms with E-state index in [1.807, 2.05) is 12.1 Å². The van der Waals surface area contributed by atoms with Gasteiger partial charge in [-0.1, -0.05) is 25.5 Å². The number of hydrogen-bond donors (Lipinski definition) is 1. The minimum absolute atomic E-state index is 0.127. The van der Waals surface area contributed by atoms with E-state index in [1.165, 1.54) is 5.56 Å². The standard InChI is InChI=1S/C12H12INO/c1-2-4-8-5-3-6-9-11(8)14-7-10(13)12(9)15/h3,5-7H,2,4H2,1H3,(H,14,15). The number of pyridine rings is 1. The smallest absolute Gasteiger partial charge is 0.202 e.